The lowest BCUT2D eigenvalue weighted by Crippen LogP contribution is -2.34. The van der Waals surface area contributed by atoms with Crippen LogP contribution in [0.5, 0.6) is 0 Å². The fourth-order valence-electron chi connectivity index (χ4n) is 2.97. The van der Waals surface area contributed by atoms with E-state index in [0.29, 0.717) is 17.7 Å². The Morgan fingerprint density at radius 1 is 1.47 bits per heavy atom. The van der Waals surface area contributed by atoms with E-state index in [-0.39, 0.29) is 5.92 Å². The molecule has 0 spiro atoms. The first-order chi connectivity index (χ1) is 8.25. The second-order valence-electron chi connectivity index (χ2n) is 5.16. The number of carbonyl (C=O) groups is 1. The van der Waals surface area contributed by atoms with Gasteiger partial charge in [-0.25, -0.2) is 0 Å². The van der Waals surface area contributed by atoms with Crippen LogP contribution in [0.4, 0.5) is 0 Å². The van der Waals surface area contributed by atoms with Crippen LogP contribution in [0.2, 0.25) is 0 Å². The van der Waals surface area contributed by atoms with Crippen molar-refractivity contribution in [2.24, 2.45) is 11.8 Å². The van der Waals surface area contributed by atoms with Crippen LogP contribution in [0.3, 0.4) is 0 Å². The van der Waals surface area contributed by atoms with Gasteiger partial charge in [0.2, 0.25) is 5.91 Å². The van der Waals surface area contributed by atoms with Gasteiger partial charge in [-0.2, -0.15) is 0 Å². The maximum Gasteiger partial charge on any atom is 0.230 e. The van der Waals surface area contributed by atoms with Gasteiger partial charge >= 0.3 is 0 Å². The number of thiophene rings is 1. The largest absolute Gasteiger partial charge is 0.341 e. The van der Waals surface area contributed by atoms with Gasteiger partial charge in [0.15, 0.2) is 0 Å². The average molecular weight is 250 g/mol. The van der Waals surface area contributed by atoms with E-state index in [4.69, 9.17) is 0 Å². The van der Waals surface area contributed by atoms with Crippen LogP contribution in [0.15, 0.2) is 17.5 Å². The number of rotatable bonds is 2. The molecule has 0 saturated carbocycles. The SMILES string of the molecule is CC(C(=O)N1C[C@H]2CNC[C@H]2C1)c1cccs1. The Morgan fingerprint density at radius 2 is 2.18 bits per heavy atom. The summed E-state index contributed by atoms with van der Waals surface area (Å²) in [6, 6.07) is 4.08. The van der Waals surface area contributed by atoms with Crippen molar-refractivity contribution in [1.29, 1.82) is 0 Å². The normalized spacial score (nSPS) is 29.4. The Kier molecular flexibility index (Phi) is 2.92. The van der Waals surface area contributed by atoms with Gasteiger partial charge in [0, 0.05) is 31.1 Å². The smallest absolute Gasteiger partial charge is 0.230 e. The molecule has 17 heavy (non-hydrogen) atoms. The van der Waals surface area contributed by atoms with E-state index < -0.39 is 0 Å². The molecule has 1 aromatic heterocycles. The van der Waals surface area contributed by atoms with Gasteiger partial charge < -0.3 is 10.2 Å². The lowest BCUT2D eigenvalue weighted by Gasteiger charge is -2.21. The predicted molar refractivity (Wildman–Crippen MR) is 69.2 cm³/mol. The zero-order chi connectivity index (χ0) is 11.8. The van der Waals surface area contributed by atoms with Gasteiger partial charge in [-0.3, -0.25) is 4.79 Å². The van der Waals surface area contributed by atoms with Crippen molar-refractivity contribution in [3.63, 3.8) is 0 Å². The Bertz CT molecular complexity index is 392. The first-order valence-electron chi connectivity index (χ1n) is 6.28. The lowest BCUT2D eigenvalue weighted by molar-refractivity contribution is -0.131. The molecule has 2 aliphatic heterocycles. The minimum atomic E-state index is 0.0294. The van der Waals surface area contributed by atoms with Crippen molar-refractivity contribution in [2.75, 3.05) is 26.2 Å². The fraction of sp³-hybridized carbons (Fsp3) is 0.615. The van der Waals surface area contributed by atoms with E-state index in [0.717, 1.165) is 26.2 Å². The standard InChI is InChI=1S/C13H18N2OS/c1-9(12-3-2-4-17-12)13(16)15-7-10-5-14-6-11(10)8-15/h2-4,9-11,14H,5-8H2,1H3/t9?,10-,11+. The topological polar surface area (TPSA) is 32.3 Å². The number of hydrogen-bond donors (Lipinski definition) is 1. The zero-order valence-electron chi connectivity index (χ0n) is 10.1. The fourth-order valence-corrected chi connectivity index (χ4v) is 3.74. The molecule has 2 fully saturated rings. The Morgan fingerprint density at radius 3 is 2.76 bits per heavy atom. The number of likely N-dealkylation sites (tertiary alicyclic amines) is 1. The number of amides is 1. The summed E-state index contributed by atoms with van der Waals surface area (Å²) in [7, 11) is 0. The lowest BCUT2D eigenvalue weighted by atomic mass is 10.0. The predicted octanol–water partition coefficient (Wildman–Crippen LogP) is 1.53. The van der Waals surface area contributed by atoms with Gasteiger partial charge in [-0.15, -0.1) is 11.3 Å². The molecular weight excluding hydrogens is 232 g/mol. The second kappa shape index (κ2) is 4.42. The van der Waals surface area contributed by atoms with E-state index in [1.807, 2.05) is 18.4 Å². The molecule has 1 unspecified atom stereocenters. The van der Waals surface area contributed by atoms with Crippen molar-refractivity contribution >= 4 is 17.2 Å². The number of fused-ring (bicyclic) bond motifs is 1. The van der Waals surface area contributed by atoms with Gasteiger partial charge in [-0.1, -0.05) is 6.07 Å². The van der Waals surface area contributed by atoms with Crippen LogP contribution in [0.25, 0.3) is 0 Å². The maximum absolute atomic E-state index is 12.4. The quantitative estimate of drug-likeness (QED) is 0.863. The molecule has 1 N–H and O–H groups in total. The van der Waals surface area contributed by atoms with E-state index in [9.17, 15) is 4.79 Å². The van der Waals surface area contributed by atoms with Crippen LogP contribution < -0.4 is 5.32 Å². The number of nitrogens with one attached hydrogen (secondary N) is 1. The molecule has 0 aromatic carbocycles. The van der Waals surface area contributed by atoms with Crippen molar-refractivity contribution in [2.45, 2.75) is 12.8 Å². The first-order valence-corrected chi connectivity index (χ1v) is 7.16. The third kappa shape index (κ3) is 2.00. The number of hydrogen-bond acceptors (Lipinski definition) is 3. The molecule has 3 nitrogen and oxygen atoms in total. The number of nitrogens with zero attached hydrogens (tertiary/aromatic N) is 1. The Balaban J connectivity index is 1.67. The molecule has 0 aliphatic carbocycles. The summed E-state index contributed by atoms with van der Waals surface area (Å²) < 4.78 is 0. The summed E-state index contributed by atoms with van der Waals surface area (Å²) in [4.78, 5) is 15.6. The third-order valence-electron chi connectivity index (χ3n) is 4.04. The highest BCUT2D eigenvalue weighted by Crippen LogP contribution is 2.30. The van der Waals surface area contributed by atoms with E-state index in [2.05, 4.69) is 16.3 Å². The summed E-state index contributed by atoms with van der Waals surface area (Å²) in [6.07, 6.45) is 0. The van der Waals surface area contributed by atoms with Crippen molar-refractivity contribution in [1.82, 2.24) is 10.2 Å². The number of carbonyl (C=O) groups excluding carboxylic acids is 1. The molecule has 0 radical (unpaired) electrons. The van der Waals surface area contributed by atoms with Crippen molar-refractivity contribution < 1.29 is 4.79 Å². The molecule has 1 aromatic rings. The van der Waals surface area contributed by atoms with Crippen LogP contribution in [0, 0.1) is 11.8 Å². The van der Waals surface area contributed by atoms with Crippen LogP contribution in [-0.4, -0.2) is 37.0 Å². The second-order valence-corrected chi connectivity index (χ2v) is 6.14. The first kappa shape index (κ1) is 11.2. The molecule has 2 aliphatic rings. The minimum absolute atomic E-state index is 0.0294. The van der Waals surface area contributed by atoms with Crippen LogP contribution in [0.1, 0.15) is 17.7 Å². The molecule has 2 saturated heterocycles. The van der Waals surface area contributed by atoms with Gasteiger partial charge in [-0.05, 0) is 30.2 Å². The highest BCUT2D eigenvalue weighted by molar-refractivity contribution is 7.10. The maximum atomic E-state index is 12.4. The Labute approximate surface area is 106 Å². The monoisotopic (exact) mass is 250 g/mol. The van der Waals surface area contributed by atoms with E-state index >= 15 is 0 Å². The molecular formula is C13H18N2OS. The summed E-state index contributed by atoms with van der Waals surface area (Å²) in [6.45, 7) is 6.10. The van der Waals surface area contributed by atoms with E-state index in [1.165, 1.54) is 4.88 Å². The molecule has 1 amide bonds. The van der Waals surface area contributed by atoms with E-state index in [1.54, 1.807) is 11.3 Å². The Hall–Kier alpha value is -0.870. The molecule has 0 bridgehead atoms. The molecule has 3 atom stereocenters. The van der Waals surface area contributed by atoms with Gasteiger partial charge in [0.1, 0.15) is 0 Å². The summed E-state index contributed by atoms with van der Waals surface area (Å²) >= 11 is 1.68. The minimum Gasteiger partial charge on any atom is -0.341 e. The summed E-state index contributed by atoms with van der Waals surface area (Å²) in [5.74, 6) is 1.72. The molecule has 92 valence electrons. The molecule has 4 heteroatoms. The molecule has 3 heterocycles. The van der Waals surface area contributed by atoms with Crippen molar-refractivity contribution in [3.8, 4) is 0 Å². The summed E-state index contributed by atoms with van der Waals surface area (Å²) in [5, 5.41) is 5.45. The van der Waals surface area contributed by atoms with Gasteiger partial charge in [0.25, 0.3) is 0 Å². The van der Waals surface area contributed by atoms with Crippen molar-refractivity contribution in [3.05, 3.63) is 22.4 Å². The van der Waals surface area contributed by atoms with Crippen LogP contribution in [-0.2, 0) is 4.79 Å². The summed E-state index contributed by atoms with van der Waals surface area (Å²) in [5.41, 5.74) is 0. The molecule has 3 rings (SSSR count). The zero-order valence-corrected chi connectivity index (χ0v) is 10.9. The average Bonchev–Trinajstić information content (AvgIpc) is 3.01. The highest BCUT2D eigenvalue weighted by atomic mass is 32.1. The third-order valence-corrected chi connectivity index (χ3v) is 5.10. The van der Waals surface area contributed by atoms with Gasteiger partial charge in [0.05, 0.1) is 5.92 Å². The van der Waals surface area contributed by atoms with Crippen LogP contribution >= 0.6 is 11.3 Å². The highest BCUT2D eigenvalue weighted by Gasteiger charge is 2.39.